The van der Waals surface area contributed by atoms with Gasteiger partial charge in [-0.1, -0.05) is 66.7 Å². The summed E-state index contributed by atoms with van der Waals surface area (Å²) in [6.45, 7) is -0.300. The van der Waals surface area contributed by atoms with E-state index in [1.54, 1.807) is 30.3 Å². The van der Waals surface area contributed by atoms with E-state index >= 15 is 0 Å². The van der Waals surface area contributed by atoms with Crippen LogP contribution in [0, 0.1) is 0 Å². The molecule has 0 saturated carbocycles. The first-order valence-electron chi connectivity index (χ1n) is 10.4. The Balaban J connectivity index is 1.50. The summed E-state index contributed by atoms with van der Waals surface area (Å²) < 4.78 is 5.24. The minimum absolute atomic E-state index is 0.224. The molecule has 0 atom stereocenters. The van der Waals surface area contributed by atoms with Gasteiger partial charge in [0.05, 0.1) is 32.9 Å². The van der Waals surface area contributed by atoms with Gasteiger partial charge in [0.15, 0.2) is 6.61 Å². The fraction of sp³-hybridized carbons (Fsp3) is 0.0370. The Morgan fingerprint density at radius 1 is 0.727 bits per heavy atom. The summed E-state index contributed by atoms with van der Waals surface area (Å²) >= 11 is 1.32. The van der Waals surface area contributed by atoms with Gasteiger partial charge in [0, 0.05) is 11.1 Å². The molecule has 0 aliphatic rings. The van der Waals surface area contributed by atoms with Crippen molar-refractivity contribution in [1.29, 1.82) is 0 Å². The number of ether oxygens (including phenoxy) is 1. The lowest BCUT2D eigenvalue weighted by molar-refractivity contribution is 0.0476. The predicted octanol–water partition coefficient (Wildman–Crippen LogP) is 6.07. The summed E-state index contributed by atoms with van der Waals surface area (Å²) in [5.41, 5.74) is 4.95. The van der Waals surface area contributed by atoms with Crippen LogP contribution in [0.3, 0.4) is 0 Å². The Hall–Kier alpha value is -4.16. The van der Waals surface area contributed by atoms with Gasteiger partial charge in [0.1, 0.15) is 0 Å². The zero-order chi connectivity index (χ0) is 22.6. The van der Waals surface area contributed by atoms with Gasteiger partial charge in [-0.3, -0.25) is 4.79 Å². The van der Waals surface area contributed by atoms with Gasteiger partial charge >= 0.3 is 5.97 Å². The molecule has 2 aromatic heterocycles. The fourth-order valence-corrected chi connectivity index (χ4v) is 4.15. The third kappa shape index (κ3) is 4.42. The SMILES string of the molecule is O=C(OCC(=O)c1cccs1)c1ccc2nc(-c3ccccc3)c(-c3ccccc3)nc2c1. The van der Waals surface area contributed by atoms with E-state index in [4.69, 9.17) is 14.7 Å². The van der Waals surface area contributed by atoms with Crippen molar-refractivity contribution in [3.63, 3.8) is 0 Å². The Kier molecular flexibility index (Phi) is 5.74. The van der Waals surface area contributed by atoms with Crippen LogP contribution in [0.2, 0.25) is 0 Å². The first-order chi connectivity index (χ1) is 16.2. The van der Waals surface area contributed by atoms with Gasteiger partial charge in [-0.15, -0.1) is 11.3 Å². The second-order valence-corrected chi connectivity index (χ2v) is 8.28. The number of carbonyl (C=O) groups excluding carboxylic acids is 2. The van der Waals surface area contributed by atoms with Crippen LogP contribution in [0.4, 0.5) is 0 Å². The van der Waals surface area contributed by atoms with Crippen molar-refractivity contribution < 1.29 is 14.3 Å². The van der Waals surface area contributed by atoms with E-state index in [1.807, 2.05) is 66.0 Å². The molecule has 6 heteroatoms. The van der Waals surface area contributed by atoms with Crippen molar-refractivity contribution in [3.8, 4) is 22.5 Å². The van der Waals surface area contributed by atoms with Crippen molar-refractivity contribution in [2.75, 3.05) is 6.61 Å². The average molecular weight is 451 g/mol. The van der Waals surface area contributed by atoms with Gasteiger partial charge in [0.2, 0.25) is 5.78 Å². The molecule has 0 bridgehead atoms. The second kappa shape index (κ2) is 9.14. The zero-order valence-electron chi connectivity index (χ0n) is 17.5. The van der Waals surface area contributed by atoms with E-state index in [0.29, 0.717) is 21.5 Å². The van der Waals surface area contributed by atoms with Crippen LogP contribution in [-0.2, 0) is 4.74 Å². The minimum atomic E-state index is -0.572. The van der Waals surface area contributed by atoms with Crippen LogP contribution < -0.4 is 0 Å². The number of hydrogen-bond acceptors (Lipinski definition) is 6. The molecule has 33 heavy (non-hydrogen) atoms. The quantitative estimate of drug-likeness (QED) is 0.232. The Morgan fingerprint density at radius 3 is 1.97 bits per heavy atom. The Bertz CT molecular complexity index is 1430. The largest absolute Gasteiger partial charge is 0.454 e. The van der Waals surface area contributed by atoms with Crippen LogP contribution in [0.25, 0.3) is 33.5 Å². The number of nitrogens with zero attached hydrogens (tertiary/aromatic N) is 2. The predicted molar refractivity (Wildman–Crippen MR) is 129 cm³/mol. The smallest absolute Gasteiger partial charge is 0.338 e. The number of carbonyl (C=O) groups is 2. The molecule has 5 nitrogen and oxygen atoms in total. The van der Waals surface area contributed by atoms with E-state index in [9.17, 15) is 9.59 Å². The maximum absolute atomic E-state index is 12.6. The summed E-state index contributed by atoms with van der Waals surface area (Å²) in [7, 11) is 0. The number of ketones is 1. The molecule has 2 heterocycles. The molecule has 0 fully saturated rings. The number of aromatic nitrogens is 2. The number of rotatable bonds is 6. The molecule has 160 valence electrons. The first-order valence-corrected chi connectivity index (χ1v) is 11.2. The molecule has 3 aromatic carbocycles. The number of esters is 1. The molecule has 5 rings (SSSR count). The number of Topliss-reactive ketones (excluding diaryl/α,β-unsaturated/α-hetero) is 1. The topological polar surface area (TPSA) is 69.2 Å². The van der Waals surface area contributed by atoms with Crippen LogP contribution in [0.5, 0.6) is 0 Å². The van der Waals surface area contributed by atoms with Crippen molar-refractivity contribution >= 4 is 34.1 Å². The van der Waals surface area contributed by atoms with Crippen molar-refractivity contribution in [1.82, 2.24) is 9.97 Å². The average Bonchev–Trinajstić information content (AvgIpc) is 3.42. The zero-order valence-corrected chi connectivity index (χ0v) is 18.3. The maximum Gasteiger partial charge on any atom is 0.338 e. The number of benzene rings is 3. The van der Waals surface area contributed by atoms with E-state index < -0.39 is 5.97 Å². The molecule has 0 spiro atoms. The van der Waals surface area contributed by atoms with E-state index in [2.05, 4.69) is 0 Å². The normalized spacial score (nSPS) is 10.8. The van der Waals surface area contributed by atoms with Crippen LogP contribution in [-0.4, -0.2) is 28.3 Å². The molecule has 5 aromatic rings. The maximum atomic E-state index is 12.6. The lowest BCUT2D eigenvalue weighted by atomic mass is 10.0. The first kappa shape index (κ1) is 20.7. The standard InChI is InChI=1S/C27H18N2O3S/c30-23(24-12-7-15-33-24)17-32-27(31)20-13-14-21-22(16-20)29-26(19-10-5-2-6-11-19)25(28-21)18-8-3-1-4-9-18/h1-16H,17H2. The lowest BCUT2D eigenvalue weighted by Crippen LogP contribution is -2.13. The van der Waals surface area contributed by atoms with E-state index in [-0.39, 0.29) is 12.4 Å². The lowest BCUT2D eigenvalue weighted by Gasteiger charge is -2.11. The highest BCUT2D eigenvalue weighted by atomic mass is 32.1. The van der Waals surface area contributed by atoms with E-state index in [1.165, 1.54) is 11.3 Å². The van der Waals surface area contributed by atoms with Gasteiger partial charge in [-0.2, -0.15) is 0 Å². The molecule has 0 aliphatic heterocycles. The Morgan fingerprint density at radius 2 is 1.36 bits per heavy atom. The third-order valence-electron chi connectivity index (χ3n) is 5.12. The summed E-state index contributed by atoms with van der Waals surface area (Å²) in [6, 6.07) is 28.3. The van der Waals surface area contributed by atoms with Crippen LogP contribution >= 0.6 is 11.3 Å². The van der Waals surface area contributed by atoms with Gasteiger partial charge in [-0.05, 0) is 29.6 Å². The highest BCUT2D eigenvalue weighted by Gasteiger charge is 2.16. The van der Waals surface area contributed by atoms with Crippen LogP contribution in [0.15, 0.2) is 96.4 Å². The number of hydrogen-bond donors (Lipinski definition) is 0. The molecular formula is C27H18N2O3S. The van der Waals surface area contributed by atoms with Gasteiger partial charge in [0.25, 0.3) is 0 Å². The Labute approximate surface area is 194 Å². The highest BCUT2D eigenvalue weighted by molar-refractivity contribution is 7.12. The van der Waals surface area contributed by atoms with Crippen molar-refractivity contribution in [2.45, 2.75) is 0 Å². The van der Waals surface area contributed by atoms with Crippen LogP contribution in [0.1, 0.15) is 20.0 Å². The highest BCUT2D eigenvalue weighted by Crippen LogP contribution is 2.31. The van der Waals surface area contributed by atoms with Gasteiger partial charge in [-0.25, -0.2) is 14.8 Å². The van der Waals surface area contributed by atoms with Crippen molar-refractivity contribution in [2.24, 2.45) is 0 Å². The summed E-state index contributed by atoms with van der Waals surface area (Å²) in [5.74, 6) is -0.796. The second-order valence-electron chi connectivity index (χ2n) is 7.33. The van der Waals surface area contributed by atoms with Crippen molar-refractivity contribution in [3.05, 3.63) is 107 Å². The molecule has 0 amide bonds. The molecule has 0 aliphatic carbocycles. The minimum Gasteiger partial charge on any atom is -0.454 e. The number of thiophene rings is 1. The molecule has 0 saturated heterocycles. The molecule has 0 N–H and O–H groups in total. The van der Waals surface area contributed by atoms with E-state index in [0.717, 1.165) is 22.5 Å². The summed E-state index contributed by atoms with van der Waals surface area (Å²) in [4.78, 5) is 35.0. The number of fused-ring (bicyclic) bond motifs is 1. The molecule has 0 unspecified atom stereocenters. The fourth-order valence-electron chi connectivity index (χ4n) is 3.50. The molecular weight excluding hydrogens is 432 g/mol. The summed E-state index contributed by atoms with van der Waals surface area (Å²) in [6.07, 6.45) is 0. The third-order valence-corrected chi connectivity index (χ3v) is 6.04. The van der Waals surface area contributed by atoms with Gasteiger partial charge < -0.3 is 4.74 Å². The summed E-state index contributed by atoms with van der Waals surface area (Å²) in [5, 5.41) is 1.81. The monoisotopic (exact) mass is 450 g/mol. The molecule has 0 radical (unpaired) electrons.